The summed E-state index contributed by atoms with van der Waals surface area (Å²) in [6.45, 7) is 4.69. The van der Waals surface area contributed by atoms with Gasteiger partial charge in [-0.25, -0.2) is 9.97 Å². The SMILES string of the molecule is Cc1c(C(=O)N(C)CCc2ccccn2)sc2ncnc(N[C@H](C)c3cccs3)c12. The standard InChI is InChI=1S/C22H23N5OS2/c1-14-18-20(26-15(2)17-8-6-12-29-17)24-13-25-21(18)30-19(14)22(28)27(3)11-9-16-7-4-5-10-23-16/h4-8,10,12-13,15H,9,11H2,1-3H3,(H,24,25,26)/t15-/m1/s1. The van der Waals surface area contributed by atoms with Crippen LogP contribution in [0, 0.1) is 6.92 Å². The number of fused-ring (bicyclic) bond motifs is 1. The van der Waals surface area contributed by atoms with E-state index < -0.39 is 0 Å². The zero-order valence-corrected chi connectivity index (χ0v) is 18.8. The van der Waals surface area contributed by atoms with Gasteiger partial charge in [-0.15, -0.1) is 22.7 Å². The minimum absolute atomic E-state index is 0.00341. The molecule has 4 aromatic heterocycles. The van der Waals surface area contributed by atoms with Crippen molar-refractivity contribution in [2.75, 3.05) is 18.9 Å². The lowest BCUT2D eigenvalue weighted by Gasteiger charge is -2.16. The predicted molar refractivity (Wildman–Crippen MR) is 123 cm³/mol. The number of rotatable bonds is 7. The Kier molecular flexibility index (Phi) is 6.06. The van der Waals surface area contributed by atoms with E-state index in [9.17, 15) is 4.79 Å². The van der Waals surface area contributed by atoms with Crippen LogP contribution in [0.1, 0.15) is 38.8 Å². The minimum atomic E-state index is 0.00341. The van der Waals surface area contributed by atoms with Crippen LogP contribution in [0.15, 0.2) is 48.2 Å². The smallest absolute Gasteiger partial charge is 0.264 e. The van der Waals surface area contributed by atoms with Crippen molar-refractivity contribution in [3.05, 3.63) is 69.2 Å². The van der Waals surface area contributed by atoms with Crippen LogP contribution in [0.3, 0.4) is 0 Å². The van der Waals surface area contributed by atoms with Gasteiger partial charge >= 0.3 is 0 Å². The molecule has 1 atom stereocenters. The Morgan fingerprint density at radius 2 is 2.07 bits per heavy atom. The molecule has 0 aromatic carbocycles. The van der Waals surface area contributed by atoms with Crippen molar-refractivity contribution in [2.45, 2.75) is 26.3 Å². The van der Waals surface area contributed by atoms with Gasteiger partial charge in [0.15, 0.2) is 0 Å². The Morgan fingerprint density at radius 1 is 1.20 bits per heavy atom. The Balaban J connectivity index is 1.56. The average Bonchev–Trinajstić information content (AvgIpc) is 3.41. The van der Waals surface area contributed by atoms with E-state index in [1.165, 1.54) is 16.2 Å². The monoisotopic (exact) mass is 437 g/mol. The highest BCUT2D eigenvalue weighted by atomic mass is 32.1. The number of nitrogens with one attached hydrogen (secondary N) is 1. The Hall–Kier alpha value is -2.84. The second-order valence-corrected chi connectivity index (χ2v) is 9.12. The molecule has 6 nitrogen and oxygen atoms in total. The Labute approximate surface area is 183 Å². The maximum absolute atomic E-state index is 13.1. The third-order valence-electron chi connectivity index (χ3n) is 5.02. The van der Waals surface area contributed by atoms with Gasteiger partial charge in [-0.2, -0.15) is 0 Å². The molecular formula is C22H23N5OS2. The zero-order valence-electron chi connectivity index (χ0n) is 17.1. The number of likely N-dealkylation sites (N-methyl/N-ethyl adjacent to an activating group) is 1. The summed E-state index contributed by atoms with van der Waals surface area (Å²) >= 11 is 3.13. The second kappa shape index (κ2) is 8.89. The highest BCUT2D eigenvalue weighted by Gasteiger charge is 2.22. The van der Waals surface area contributed by atoms with Gasteiger partial charge in [0.05, 0.1) is 16.3 Å². The molecule has 154 valence electrons. The number of pyridine rings is 1. The number of thiophene rings is 2. The summed E-state index contributed by atoms with van der Waals surface area (Å²) in [5.41, 5.74) is 1.90. The van der Waals surface area contributed by atoms with E-state index in [0.29, 0.717) is 11.4 Å². The van der Waals surface area contributed by atoms with Crippen LogP contribution in [0.4, 0.5) is 5.82 Å². The van der Waals surface area contributed by atoms with Gasteiger partial charge in [-0.1, -0.05) is 12.1 Å². The maximum Gasteiger partial charge on any atom is 0.264 e. The number of anilines is 1. The molecule has 4 rings (SSSR count). The summed E-state index contributed by atoms with van der Waals surface area (Å²) in [6.07, 6.45) is 4.05. The molecule has 4 aromatic rings. The summed E-state index contributed by atoms with van der Waals surface area (Å²) in [7, 11) is 1.83. The number of nitrogens with zero attached hydrogens (tertiary/aromatic N) is 4. The molecule has 0 saturated heterocycles. The van der Waals surface area contributed by atoms with Gasteiger partial charge < -0.3 is 10.2 Å². The third-order valence-corrected chi connectivity index (χ3v) is 7.26. The molecular weight excluding hydrogens is 414 g/mol. The van der Waals surface area contributed by atoms with Crippen LogP contribution in [-0.4, -0.2) is 39.4 Å². The van der Waals surface area contributed by atoms with E-state index in [1.807, 2.05) is 38.2 Å². The van der Waals surface area contributed by atoms with Crippen molar-refractivity contribution >= 4 is 44.6 Å². The van der Waals surface area contributed by atoms with E-state index in [1.54, 1.807) is 28.8 Å². The summed E-state index contributed by atoms with van der Waals surface area (Å²) < 4.78 is 0. The van der Waals surface area contributed by atoms with Crippen molar-refractivity contribution in [2.24, 2.45) is 0 Å². The first-order valence-electron chi connectivity index (χ1n) is 9.74. The van der Waals surface area contributed by atoms with Crippen LogP contribution in [0.25, 0.3) is 10.2 Å². The molecule has 0 bridgehead atoms. The van der Waals surface area contributed by atoms with Crippen molar-refractivity contribution in [1.29, 1.82) is 0 Å². The number of hydrogen-bond donors (Lipinski definition) is 1. The quantitative estimate of drug-likeness (QED) is 0.443. The van der Waals surface area contributed by atoms with Crippen molar-refractivity contribution in [1.82, 2.24) is 19.9 Å². The lowest BCUT2D eigenvalue weighted by molar-refractivity contribution is 0.0800. The summed E-state index contributed by atoms with van der Waals surface area (Å²) in [5, 5.41) is 6.48. The maximum atomic E-state index is 13.1. The Morgan fingerprint density at radius 3 is 2.80 bits per heavy atom. The fourth-order valence-electron chi connectivity index (χ4n) is 3.30. The van der Waals surface area contributed by atoms with Crippen LogP contribution in [0.5, 0.6) is 0 Å². The fraction of sp³-hybridized carbons (Fsp3) is 0.273. The van der Waals surface area contributed by atoms with E-state index in [4.69, 9.17) is 0 Å². The van der Waals surface area contributed by atoms with Crippen molar-refractivity contribution in [3.8, 4) is 0 Å². The number of aromatic nitrogens is 3. The molecule has 0 unspecified atom stereocenters. The lowest BCUT2D eigenvalue weighted by atomic mass is 10.1. The van der Waals surface area contributed by atoms with E-state index >= 15 is 0 Å². The van der Waals surface area contributed by atoms with Crippen LogP contribution >= 0.6 is 22.7 Å². The minimum Gasteiger partial charge on any atom is -0.362 e. The molecule has 0 fully saturated rings. The third kappa shape index (κ3) is 4.20. The molecule has 30 heavy (non-hydrogen) atoms. The molecule has 0 aliphatic carbocycles. The van der Waals surface area contributed by atoms with Crippen LogP contribution < -0.4 is 5.32 Å². The number of hydrogen-bond acceptors (Lipinski definition) is 7. The highest BCUT2D eigenvalue weighted by molar-refractivity contribution is 7.20. The molecule has 0 spiro atoms. The summed E-state index contributed by atoms with van der Waals surface area (Å²) in [4.78, 5) is 30.9. The molecule has 0 radical (unpaired) electrons. The van der Waals surface area contributed by atoms with E-state index in [0.717, 1.165) is 33.7 Å². The first kappa shape index (κ1) is 20.4. The largest absolute Gasteiger partial charge is 0.362 e. The number of amides is 1. The topological polar surface area (TPSA) is 71.0 Å². The lowest BCUT2D eigenvalue weighted by Crippen LogP contribution is -2.28. The molecule has 4 heterocycles. The molecule has 0 saturated carbocycles. The van der Waals surface area contributed by atoms with Gasteiger partial charge in [0.25, 0.3) is 5.91 Å². The number of carbonyl (C=O) groups excluding carboxylic acids is 1. The van der Waals surface area contributed by atoms with Gasteiger partial charge in [0.1, 0.15) is 17.0 Å². The van der Waals surface area contributed by atoms with Gasteiger partial charge in [0, 0.05) is 36.8 Å². The Bertz CT molecular complexity index is 1140. The highest BCUT2D eigenvalue weighted by Crippen LogP contribution is 2.35. The summed E-state index contributed by atoms with van der Waals surface area (Å²) in [5.74, 6) is 0.772. The normalized spacial score (nSPS) is 12.1. The second-order valence-electron chi connectivity index (χ2n) is 7.14. The van der Waals surface area contributed by atoms with Crippen LogP contribution in [0.2, 0.25) is 0 Å². The van der Waals surface area contributed by atoms with Gasteiger partial charge in [-0.3, -0.25) is 9.78 Å². The summed E-state index contributed by atoms with van der Waals surface area (Å²) in [6, 6.07) is 10.1. The molecule has 8 heteroatoms. The van der Waals surface area contributed by atoms with E-state index in [-0.39, 0.29) is 11.9 Å². The zero-order chi connectivity index (χ0) is 21.1. The van der Waals surface area contributed by atoms with Gasteiger partial charge in [-0.05, 0) is 43.0 Å². The molecule has 1 amide bonds. The predicted octanol–water partition coefficient (Wildman–Crippen LogP) is 4.94. The number of carbonyl (C=O) groups is 1. The molecule has 0 aliphatic heterocycles. The first-order valence-corrected chi connectivity index (χ1v) is 11.4. The van der Waals surface area contributed by atoms with Gasteiger partial charge in [0.2, 0.25) is 0 Å². The number of aryl methyl sites for hydroxylation is 1. The molecule has 0 aliphatic rings. The first-order chi connectivity index (χ1) is 14.5. The van der Waals surface area contributed by atoms with Crippen LogP contribution in [-0.2, 0) is 6.42 Å². The van der Waals surface area contributed by atoms with E-state index in [2.05, 4.69) is 38.6 Å². The average molecular weight is 438 g/mol. The fourth-order valence-corrected chi connectivity index (χ4v) is 5.18. The van der Waals surface area contributed by atoms with Crippen molar-refractivity contribution in [3.63, 3.8) is 0 Å². The van der Waals surface area contributed by atoms with Crippen molar-refractivity contribution < 1.29 is 4.79 Å². The molecule has 1 N–H and O–H groups in total.